The number of hydrogen-bond acceptors (Lipinski definition) is 5. The van der Waals surface area contributed by atoms with Crippen molar-refractivity contribution < 1.29 is 17.9 Å². The fourth-order valence-corrected chi connectivity index (χ4v) is 3.29. The van der Waals surface area contributed by atoms with Crippen molar-refractivity contribution in [1.29, 1.82) is 0 Å². The predicted molar refractivity (Wildman–Crippen MR) is 83.1 cm³/mol. The van der Waals surface area contributed by atoms with E-state index in [1.165, 1.54) is 7.11 Å². The van der Waals surface area contributed by atoms with Gasteiger partial charge in [0.1, 0.15) is 5.54 Å². The molecule has 0 radical (unpaired) electrons. The van der Waals surface area contributed by atoms with E-state index >= 15 is 0 Å². The Balaban J connectivity index is 3.26. The predicted octanol–water partition coefficient (Wildman–Crippen LogP) is 2.62. The zero-order chi connectivity index (χ0) is 16.1. The van der Waals surface area contributed by atoms with Crippen LogP contribution in [0, 0.1) is 0 Å². The van der Waals surface area contributed by atoms with Gasteiger partial charge >= 0.3 is 5.97 Å². The lowest BCUT2D eigenvalue weighted by atomic mass is 9.95. The van der Waals surface area contributed by atoms with Crippen molar-refractivity contribution in [3.8, 4) is 0 Å². The van der Waals surface area contributed by atoms with Crippen LogP contribution in [0.15, 0.2) is 29.2 Å². The third-order valence-electron chi connectivity index (χ3n) is 3.40. The van der Waals surface area contributed by atoms with Gasteiger partial charge in [0, 0.05) is 0 Å². The minimum atomic E-state index is -3.36. The molecule has 0 fully saturated rings. The molecule has 1 unspecified atom stereocenters. The molecule has 0 aliphatic carbocycles. The maximum absolute atomic E-state index is 12.1. The first-order valence-corrected chi connectivity index (χ1v) is 8.64. The van der Waals surface area contributed by atoms with E-state index in [1.807, 2.05) is 6.92 Å². The summed E-state index contributed by atoms with van der Waals surface area (Å²) in [5.74, 6) is -0.401. The third kappa shape index (κ3) is 3.97. The maximum atomic E-state index is 12.1. The molecule has 0 amide bonds. The van der Waals surface area contributed by atoms with Gasteiger partial charge in [-0.25, -0.2) is 13.2 Å². The minimum Gasteiger partial charge on any atom is -0.467 e. The lowest BCUT2D eigenvalue weighted by Crippen LogP contribution is -2.44. The summed E-state index contributed by atoms with van der Waals surface area (Å²) in [5, 5.41) is 3.06. The normalized spacial score (nSPS) is 14.3. The number of sulfone groups is 1. The molecule has 1 aromatic rings. The summed E-state index contributed by atoms with van der Waals surface area (Å²) in [4.78, 5) is 12.2. The summed E-state index contributed by atoms with van der Waals surface area (Å²) < 4.78 is 29.1. The quantitative estimate of drug-likeness (QED) is 0.783. The molecule has 1 rings (SSSR count). The van der Waals surface area contributed by atoms with Crippen LogP contribution in [0.5, 0.6) is 0 Å². The molecule has 0 aromatic heterocycles. The van der Waals surface area contributed by atoms with Crippen LogP contribution in [-0.2, 0) is 19.4 Å². The van der Waals surface area contributed by atoms with Gasteiger partial charge in [0.25, 0.3) is 0 Å². The first-order valence-electron chi connectivity index (χ1n) is 6.99. The van der Waals surface area contributed by atoms with Crippen molar-refractivity contribution in [2.45, 2.75) is 44.0 Å². The van der Waals surface area contributed by atoms with E-state index in [2.05, 4.69) is 5.32 Å². The maximum Gasteiger partial charge on any atom is 0.331 e. The van der Waals surface area contributed by atoms with Crippen LogP contribution in [0.1, 0.15) is 33.6 Å². The van der Waals surface area contributed by atoms with Crippen LogP contribution in [0.2, 0.25) is 0 Å². The van der Waals surface area contributed by atoms with Crippen molar-refractivity contribution in [1.82, 2.24) is 0 Å². The summed E-state index contributed by atoms with van der Waals surface area (Å²) >= 11 is 0. The van der Waals surface area contributed by atoms with Crippen LogP contribution in [0.4, 0.5) is 5.69 Å². The number of anilines is 1. The number of rotatable bonds is 7. The molecule has 6 heteroatoms. The van der Waals surface area contributed by atoms with Crippen molar-refractivity contribution in [3.63, 3.8) is 0 Å². The van der Waals surface area contributed by atoms with E-state index in [4.69, 9.17) is 4.74 Å². The molecule has 0 bridgehead atoms. The molecule has 0 spiro atoms. The first-order chi connectivity index (χ1) is 9.80. The molecule has 0 aliphatic rings. The smallest absolute Gasteiger partial charge is 0.331 e. The Morgan fingerprint density at radius 3 is 2.43 bits per heavy atom. The largest absolute Gasteiger partial charge is 0.467 e. The molecular formula is C15H23NO4S. The Morgan fingerprint density at radius 2 is 1.90 bits per heavy atom. The van der Waals surface area contributed by atoms with Crippen LogP contribution in [-0.4, -0.2) is 32.8 Å². The van der Waals surface area contributed by atoms with E-state index in [1.54, 1.807) is 38.1 Å². The lowest BCUT2D eigenvalue weighted by molar-refractivity contribution is -0.145. The fraction of sp³-hybridized carbons (Fsp3) is 0.533. The second kappa shape index (κ2) is 6.93. The van der Waals surface area contributed by atoms with Gasteiger partial charge < -0.3 is 10.1 Å². The van der Waals surface area contributed by atoms with Crippen LogP contribution in [0.3, 0.4) is 0 Å². The van der Waals surface area contributed by atoms with Crippen LogP contribution < -0.4 is 5.32 Å². The number of nitrogens with one attached hydrogen (secondary N) is 1. The second-order valence-corrected chi connectivity index (χ2v) is 7.34. The number of esters is 1. The molecular weight excluding hydrogens is 290 g/mol. The summed E-state index contributed by atoms with van der Waals surface area (Å²) in [6.07, 6.45) is 1.31. The summed E-state index contributed by atoms with van der Waals surface area (Å²) in [7, 11) is -2.04. The van der Waals surface area contributed by atoms with Crippen molar-refractivity contribution in [3.05, 3.63) is 24.3 Å². The molecule has 21 heavy (non-hydrogen) atoms. The van der Waals surface area contributed by atoms with Gasteiger partial charge in [-0.1, -0.05) is 32.4 Å². The molecule has 118 valence electrons. The summed E-state index contributed by atoms with van der Waals surface area (Å²) in [6, 6.07) is 6.62. The van der Waals surface area contributed by atoms with Gasteiger partial charge in [-0.05, 0) is 25.5 Å². The van der Waals surface area contributed by atoms with Crippen LogP contribution >= 0.6 is 0 Å². The van der Waals surface area contributed by atoms with Gasteiger partial charge in [-0.15, -0.1) is 0 Å². The fourth-order valence-electron chi connectivity index (χ4n) is 2.23. The zero-order valence-electron chi connectivity index (χ0n) is 13.0. The van der Waals surface area contributed by atoms with Gasteiger partial charge in [0.2, 0.25) is 0 Å². The summed E-state index contributed by atoms with van der Waals surface area (Å²) in [5.41, 5.74) is -0.524. The van der Waals surface area contributed by atoms with Gasteiger partial charge in [-0.3, -0.25) is 0 Å². The number of methoxy groups -OCH3 is 1. The van der Waals surface area contributed by atoms with Gasteiger partial charge in [-0.2, -0.15) is 0 Å². The summed E-state index contributed by atoms with van der Waals surface area (Å²) in [6.45, 7) is 5.27. The second-order valence-electron chi connectivity index (χ2n) is 5.10. The molecule has 0 saturated heterocycles. The Morgan fingerprint density at radius 1 is 1.29 bits per heavy atom. The number of carbonyl (C=O) groups excluding carboxylic acids is 1. The number of carbonyl (C=O) groups is 1. The van der Waals surface area contributed by atoms with Crippen molar-refractivity contribution in [2.75, 3.05) is 18.2 Å². The minimum absolute atomic E-state index is 0.00834. The van der Waals surface area contributed by atoms with E-state index < -0.39 is 21.3 Å². The number of benzene rings is 1. The Hall–Kier alpha value is -1.56. The van der Waals surface area contributed by atoms with E-state index in [9.17, 15) is 13.2 Å². The van der Waals surface area contributed by atoms with Gasteiger partial charge in [0.15, 0.2) is 9.84 Å². The third-order valence-corrected chi connectivity index (χ3v) is 5.18. The topological polar surface area (TPSA) is 72.5 Å². The van der Waals surface area contributed by atoms with E-state index in [-0.39, 0.29) is 10.6 Å². The highest BCUT2D eigenvalue weighted by molar-refractivity contribution is 7.91. The Labute approximate surface area is 126 Å². The Bertz CT molecular complexity index is 597. The standard InChI is InChI=1S/C15H23NO4S/c1-5-11-15(3,14(17)20-4)16-12-9-7-8-10-13(12)21(18,19)6-2/h7-10,16H,5-6,11H2,1-4H3. The molecule has 1 N–H and O–H groups in total. The number of ether oxygens (including phenoxy) is 1. The van der Waals surface area contributed by atoms with Crippen molar-refractivity contribution in [2.24, 2.45) is 0 Å². The zero-order valence-corrected chi connectivity index (χ0v) is 13.8. The first kappa shape index (κ1) is 17.5. The van der Waals surface area contributed by atoms with Crippen molar-refractivity contribution >= 4 is 21.5 Å². The molecule has 0 aliphatic heterocycles. The average Bonchev–Trinajstić information content (AvgIpc) is 2.47. The van der Waals surface area contributed by atoms with E-state index in [0.29, 0.717) is 12.1 Å². The monoisotopic (exact) mass is 313 g/mol. The SMILES string of the molecule is CCCC(C)(Nc1ccccc1S(=O)(=O)CC)C(=O)OC. The van der Waals surface area contributed by atoms with Crippen LogP contribution in [0.25, 0.3) is 0 Å². The average molecular weight is 313 g/mol. The molecule has 1 atom stereocenters. The number of para-hydroxylation sites is 1. The highest BCUT2D eigenvalue weighted by Gasteiger charge is 2.34. The van der Waals surface area contributed by atoms with Gasteiger partial charge in [0.05, 0.1) is 23.4 Å². The number of hydrogen-bond donors (Lipinski definition) is 1. The molecule has 0 heterocycles. The lowest BCUT2D eigenvalue weighted by Gasteiger charge is -2.29. The highest BCUT2D eigenvalue weighted by Crippen LogP contribution is 2.28. The highest BCUT2D eigenvalue weighted by atomic mass is 32.2. The Kier molecular flexibility index (Phi) is 5.78. The van der Waals surface area contributed by atoms with E-state index in [0.717, 1.165) is 6.42 Å². The molecule has 5 nitrogen and oxygen atoms in total. The molecule has 1 aromatic carbocycles. The molecule has 0 saturated carbocycles.